The first-order valence-electron chi connectivity index (χ1n) is 6.87. The van der Waals surface area contributed by atoms with Crippen LogP contribution in [0.4, 0.5) is 0 Å². The van der Waals surface area contributed by atoms with Gasteiger partial charge in [0.25, 0.3) is 0 Å². The molecule has 4 heteroatoms. The van der Waals surface area contributed by atoms with Crippen molar-refractivity contribution in [2.45, 2.75) is 43.4 Å². The second-order valence-electron chi connectivity index (χ2n) is 5.47. The summed E-state index contributed by atoms with van der Waals surface area (Å²) in [6.45, 7) is 3.04. The SMILES string of the molecule is CC(CCNC1CC(c2ccc(Br)cc2)C1)S(C)=O. The number of nitrogens with one attached hydrogen (secondary N) is 1. The predicted molar refractivity (Wildman–Crippen MR) is 86.1 cm³/mol. The molecule has 0 bridgehead atoms. The average molecular weight is 344 g/mol. The molecule has 1 N–H and O–H groups in total. The van der Waals surface area contributed by atoms with Crippen LogP contribution in [-0.2, 0) is 10.8 Å². The average Bonchev–Trinajstić information content (AvgIpc) is 2.33. The van der Waals surface area contributed by atoms with Crippen molar-refractivity contribution in [3.8, 4) is 0 Å². The first-order valence-corrected chi connectivity index (χ1v) is 9.28. The molecule has 0 radical (unpaired) electrons. The van der Waals surface area contributed by atoms with Gasteiger partial charge in [-0.2, -0.15) is 0 Å². The maximum absolute atomic E-state index is 11.2. The van der Waals surface area contributed by atoms with Crippen molar-refractivity contribution in [2.24, 2.45) is 0 Å². The summed E-state index contributed by atoms with van der Waals surface area (Å²) in [6.07, 6.45) is 5.25. The zero-order valence-corrected chi connectivity index (χ0v) is 14.0. The molecular formula is C15H22BrNOS. The van der Waals surface area contributed by atoms with E-state index in [4.69, 9.17) is 0 Å². The van der Waals surface area contributed by atoms with Gasteiger partial charge >= 0.3 is 0 Å². The van der Waals surface area contributed by atoms with E-state index in [2.05, 4.69) is 52.4 Å². The number of hydrogen-bond donors (Lipinski definition) is 1. The molecule has 0 spiro atoms. The lowest BCUT2D eigenvalue weighted by atomic mass is 9.76. The third kappa shape index (κ3) is 4.40. The Morgan fingerprint density at radius 1 is 1.37 bits per heavy atom. The lowest BCUT2D eigenvalue weighted by Gasteiger charge is -2.36. The van der Waals surface area contributed by atoms with Crippen molar-refractivity contribution in [3.05, 3.63) is 34.3 Å². The van der Waals surface area contributed by atoms with E-state index >= 15 is 0 Å². The van der Waals surface area contributed by atoms with Gasteiger partial charge in [-0.3, -0.25) is 4.21 Å². The van der Waals surface area contributed by atoms with Crippen LogP contribution >= 0.6 is 15.9 Å². The molecule has 2 unspecified atom stereocenters. The summed E-state index contributed by atoms with van der Waals surface area (Å²) in [4.78, 5) is 0. The normalized spacial score (nSPS) is 25.6. The van der Waals surface area contributed by atoms with E-state index in [-0.39, 0.29) is 0 Å². The molecule has 1 aromatic carbocycles. The van der Waals surface area contributed by atoms with Crippen molar-refractivity contribution in [3.63, 3.8) is 0 Å². The molecule has 2 nitrogen and oxygen atoms in total. The number of halogens is 1. The van der Waals surface area contributed by atoms with Crippen LogP contribution in [0.5, 0.6) is 0 Å². The van der Waals surface area contributed by atoms with Gasteiger partial charge in [-0.05, 0) is 49.4 Å². The molecule has 0 amide bonds. The topological polar surface area (TPSA) is 29.1 Å². The van der Waals surface area contributed by atoms with Crippen molar-refractivity contribution in [1.29, 1.82) is 0 Å². The first kappa shape index (κ1) is 15.2. The van der Waals surface area contributed by atoms with Crippen molar-refractivity contribution < 1.29 is 4.21 Å². The molecule has 0 saturated heterocycles. The quantitative estimate of drug-likeness (QED) is 0.857. The molecule has 106 valence electrons. The Morgan fingerprint density at radius 3 is 2.58 bits per heavy atom. The number of hydrogen-bond acceptors (Lipinski definition) is 2. The van der Waals surface area contributed by atoms with Crippen LogP contribution in [0, 0.1) is 0 Å². The summed E-state index contributed by atoms with van der Waals surface area (Å²) in [7, 11) is -0.692. The molecule has 1 aliphatic carbocycles. The lowest BCUT2D eigenvalue weighted by molar-refractivity contribution is 0.290. The van der Waals surface area contributed by atoms with E-state index in [0.717, 1.165) is 17.4 Å². The fraction of sp³-hybridized carbons (Fsp3) is 0.600. The zero-order chi connectivity index (χ0) is 13.8. The van der Waals surface area contributed by atoms with Gasteiger partial charge in [0, 0.05) is 32.8 Å². The van der Waals surface area contributed by atoms with Gasteiger partial charge < -0.3 is 5.32 Å². The smallest absolute Gasteiger partial charge is 0.0329 e. The fourth-order valence-corrected chi connectivity index (χ4v) is 3.16. The molecule has 2 atom stereocenters. The Morgan fingerprint density at radius 2 is 2.00 bits per heavy atom. The summed E-state index contributed by atoms with van der Waals surface area (Å²) < 4.78 is 12.4. The maximum atomic E-state index is 11.2. The van der Waals surface area contributed by atoms with E-state index in [1.165, 1.54) is 18.4 Å². The molecule has 1 saturated carbocycles. The third-order valence-corrected chi connectivity index (χ3v) is 5.93. The molecule has 1 fully saturated rings. The van der Waals surface area contributed by atoms with Gasteiger partial charge in [0.15, 0.2) is 0 Å². The summed E-state index contributed by atoms with van der Waals surface area (Å²) in [5.74, 6) is 0.711. The minimum absolute atomic E-state index is 0.301. The van der Waals surface area contributed by atoms with Gasteiger partial charge in [0.05, 0.1) is 0 Å². The van der Waals surface area contributed by atoms with Gasteiger partial charge in [-0.15, -0.1) is 0 Å². The van der Waals surface area contributed by atoms with Crippen molar-refractivity contribution in [2.75, 3.05) is 12.8 Å². The van der Waals surface area contributed by atoms with Crippen LogP contribution in [0.1, 0.15) is 37.7 Å². The highest BCUT2D eigenvalue weighted by molar-refractivity contribution is 9.10. The Kier molecular flexibility index (Phi) is 5.60. The molecule has 0 aliphatic heterocycles. The van der Waals surface area contributed by atoms with Gasteiger partial charge in [-0.25, -0.2) is 0 Å². The van der Waals surface area contributed by atoms with Crippen molar-refractivity contribution >= 4 is 26.7 Å². The summed E-state index contributed by atoms with van der Waals surface area (Å²) in [5, 5.41) is 3.87. The van der Waals surface area contributed by atoms with E-state index in [1.54, 1.807) is 6.26 Å². The monoisotopic (exact) mass is 343 g/mol. The van der Waals surface area contributed by atoms with Crippen LogP contribution < -0.4 is 5.32 Å². The number of benzene rings is 1. The molecule has 19 heavy (non-hydrogen) atoms. The molecule has 0 aromatic heterocycles. The zero-order valence-electron chi connectivity index (χ0n) is 11.6. The molecule has 1 aromatic rings. The highest BCUT2D eigenvalue weighted by atomic mass is 79.9. The Labute approximate surface area is 127 Å². The number of rotatable bonds is 6. The van der Waals surface area contributed by atoms with E-state index in [9.17, 15) is 4.21 Å². The van der Waals surface area contributed by atoms with Crippen molar-refractivity contribution in [1.82, 2.24) is 5.32 Å². The van der Waals surface area contributed by atoms with Crippen LogP contribution in [0.25, 0.3) is 0 Å². The van der Waals surface area contributed by atoms with E-state index in [1.807, 2.05) is 0 Å². The van der Waals surface area contributed by atoms with Gasteiger partial charge in [0.1, 0.15) is 0 Å². The molecule has 1 aliphatic rings. The van der Waals surface area contributed by atoms with E-state index < -0.39 is 10.8 Å². The second kappa shape index (κ2) is 7.00. The van der Waals surface area contributed by atoms with Crippen LogP contribution in [-0.4, -0.2) is 28.3 Å². The maximum Gasteiger partial charge on any atom is 0.0329 e. The molecule has 0 heterocycles. The standard InChI is InChI=1S/C15H22BrNOS/c1-11(19(2)18)7-8-17-15-9-13(10-15)12-3-5-14(16)6-4-12/h3-6,11,13,15,17H,7-10H2,1-2H3. The predicted octanol–water partition coefficient (Wildman–Crippen LogP) is 3.44. The van der Waals surface area contributed by atoms with Gasteiger partial charge in [0.2, 0.25) is 0 Å². The summed E-state index contributed by atoms with van der Waals surface area (Å²) in [6, 6.07) is 9.31. The lowest BCUT2D eigenvalue weighted by Crippen LogP contribution is -2.41. The largest absolute Gasteiger partial charge is 0.314 e. The summed E-state index contributed by atoms with van der Waals surface area (Å²) in [5.41, 5.74) is 1.45. The molecule has 2 rings (SSSR count). The van der Waals surface area contributed by atoms with E-state index in [0.29, 0.717) is 17.2 Å². The highest BCUT2D eigenvalue weighted by Crippen LogP contribution is 2.37. The second-order valence-corrected chi connectivity index (χ2v) is 8.19. The highest BCUT2D eigenvalue weighted by Gasteiger charge is 2.29. The first-order chi connectivity index (χ1) is 9.06. The Hall–Kier alpha value is -0.190. The van der Waals surface area contributed by atoms with Crippen LogP contribution in [0.3, 0.4) is 0 Å². The summed E-state index contributed by atoms with van der Waals surface area (Å²) >= 11 is 3.47. The fourth-order valence-electron chi connectivity index (χ4n) is 2.45. The van der Waals surface area contributed by atoms with Crippen LogP contribution in [0.15, 0.2) is 28.7 Å². The Balaban J connectivity index is 1.66. The minimum atomic E-state index is -0.692. The van der Waals surface area contributed by atoms with Crippen LogP contribution in [0.2, 0.25) is 0 Å². The molecular weight excluding hydrogens is 322 g/mol. The van der Waals surface area contributed by atoms with Gasteiger partial charge in [-0.1, -0.05) is 35.0 Å². The Bertz CT molecular complexity index is 428. The minimum Gasteiger partial charge on any atom is -0.314 e. The third-order valence-electron chi connectivity index (χ3n) is 4.03.